The number of carbonyl (C=O) groups is 1. The summed E-state index contributed by atoms with van der Waals surface area (Å²) in [7, 11) is 1.41. The van der Waals surface area contributed by atoms with E-state index in [1.165, 1.54) is 32.8 Å². The second kappa shape index (κ2) is 6.99. The van der Waals surface area contributed by atoms with Crippen molar-refractivity contribution in [2.75, 3.05) is 12.4 Å². The van der Waals surface area contributed by atoms with Crippen LogP contribution in [0.25, 0.3) is 10.9 Å². The van der Waals surface area contributed by atoms with Crippen molar-refractivity contribution in [3.8, 4) is 0 Å². The topological polar surface area (TPSA) is 51.2 Å². The van der Waals surface area contributed by atoms with Gasteiger partial charge in [-0.3, -0.25) is 9.78 Å². The van der Waals surface area contributed by atoms with E-state index in [9.17, 15) is 4.79 Å². The van der Waals surface area contributed by atoms with Crippen molar-refractivity contribution in [2.24, 2.45) is 5.92 Å². The summed E-state index contributed by atoms with van der Waals surface area (Å²) in [6.45, 7) is 2.32. The lowest BCUT2D eigenvalue weighted by atomic mass is 9.85. The Hall–Kier alpha value is -2.10. The van der Waals surface area contributed by atoms with Gasteiger partial charge in [0.15, 0.2) is 0 Å². The van der Waals surface area contributed by atoms with Crippen molar-refractivity contribution in [1.29, 1.82) is 0 Å². The molecule has 2 aromatic rings. The monoisotopic (exact) mass is 312 g/mol. The van der Waals surface area contributed by atoms with Gasteiger partial charge in [-0.05, 0) is 30.9 Å². The number of hydrogen-bond acceptors (Lipinski definition) is 4. The van der Waals surface area contributed by atoms with E-state index in [1.54, 1.807) is 0 Å². The number of ether oxygens (including phenoxy) is 1. The average molecular weight is 312 g/mol. The van der Waals surface area contributed by atoms with Crippen LogP contribution in [-0.2, 0) is 16.0 Å². The number of anilines is 1. The summed E-state index contributed by atoms with van der Waals surface area (Å²) in [5.74, 6) is 0.407. The smallest absolute Gasteiger partial charge is 0.311 e. The molecule has 1 heterocycles. The van der Waals surface area contributed by atoms with Crippen LogP contribution in [0.1, 0.15) is 38.3 Å². The molecule has 0 amide bonds. The predicted molar refractivity (Wildman–Crippen MR) is 92.5 cm³/mol. The van der Waals surface area contributed by atoms with Crippen LogP contribution in [0.15, 0.2) is 30.3 Å². The molecule has 2 atom stereocenters. The first-order valence-electron chi connectivity index (χ1n) is 8.39. The van der Waals surface area contributed by atoms with E-state index in [-0.39, 0.29) is 12.4 Å². The number of carbonyl (C=O) groups excluding carboxylic acids is 1. The van der Waals surface area contributed by atoms with E-state index in [0.29, 0.717) is 12.0 Å². The van der Waals surface area contributed by atoms with Gasteiger partial charge in [-0.25, -0.2) is 0 Å². The summed E-state index contributed by atoms with van der Waals surface area (Å²) in [5, 5.41) is 4.82. The van der Waals surface area contributed by atoms with Gasteiger partial charge >= 0.3 is 5.97 Å². The van der Waals surface area contributed by atoms with Crippen molar-refractivity contribution in [3.63, 3.8) is 0 Å². The normalized spacial score (nSPS) is 21.1. The number of benzene rings is 1. The van der Waals surface area contributed by atoms with Crippen molar-refractivity contribution in [2.45, 2.75) is 45.1 Å². The second-order valence-corrected chi connectivity index (χ2v) is 6.44. The van der Waals surface area contributed by atoms with Crippen LogP contribution in [0.2, 0.25) is 0 Å². The van der Waals surface area contributed by atoms with Crippen molar-refractivity contribution >= 4 is 22.6 Å². The quantitative estimate of drug-likeness (QED) is 0.869. The summed E-state index contributed by atoms with van der Waals surface area (Å²) >= 11 is 0. The molecule has 1 aromatic carbocycles. The zero-order chi connectivity index (χ0) is 16.2. The second-order valence-electron chi connectivity index (χ2n) is 6.44. The third-order valence-corrected chi connectivity index (χ3v) is 4.77. The van der Waals surface area contributed by atoms with Crippen molar-refractivity contribution < 1.29 is 9.53 Å². The van der Waals surface area contributed by atoms with Gasteiger partial charge in [-0.1, -0.05) is 38.0 Å². The number of nitrogens with one attached hydrogen (secondary N) is 1. The number of pyridine rings is 1. The molecule has 0 saturated heterocycles. The highest BCUT2D eigenvalue weighted by Gasteiger charge is 2.22. The third-order valence-electron chi connectivity index (χ3n) is 4.77. The molecule has 3 rings (SSSR count). The molecular formula is C19H24N2O2. The van der Waals surface area contributed by atoms with Crippen molar-refractivity contribution in [1.82, 2.24) is 4.98 Å². The number of methoxy groups -OCH3 is 1. The molecule has 0 radical (unpaired) electrons. The Morgan fingerprint density at radius 2 is 2.09 bits per heavy atom. The largest absolute Gasteiger partial charge is 0.469 e. The molecule has 0 spiro atoms. The Morgan fingerprint density at radius 3 is 2.87 bits per heavy atom. The van der Waals surface area contributed by atoms with Crippen LogP contribution in [0.3, 0.4) is 0 Å². The Kier molecular flexibility index (Phi) is 4.79. The van der Waals surface area contributed by atoms with E-state index in [1.807, 2.05) is 24.3 Å². The molecule has 1 N–H and O–H groups in total. The van der Waals surface area contributed by atoms with Crippen LogP contribution < -0.4 is 5.32 Å². The number of aromatic nitrogens is 1. The van der Waals surface area contributed by atoms with Gasteiger partial charge in [0.2, 0.25) is 0 Å². The molecule has 122 valence electrons. The summed E-state index contributed by atoms with van der Waals surface area (Å²) in [4.78, 5) is 16.2. The van der Waals surface area contributed by atoms with Gasteiger partial charge in [0.05, 0.1) is 24.7 Å². The first kappa shape index (κ1) is 15.8. The van der Waals surface area contributed by atoms with Crippen LogP contribution in [0.4, 0.5) is 5.69 Å². The fourth-order valence-corrected chi connectivity index (χ4v) is 3.39. The highest BCUT2D eigenvalue weighted by atomic mass is 16.5. The van der Waals surface area contributed by atoms with Crippen LogP contribution in [0, 0.1) is 5.92 Å². The molecule has 4 nitrogen and oxygen atoms in total. The lowest BCUT2D eigenvalue weighted by molar-refractivity contribution is -0.139. The number of nitrogens with zero attached hydrogens (tertiary/aromatic N) is 1. The predicted octanol–water partition coefficient (Wildman–Crippen LogP) is 3.94. The van der Waals surface area contributed by atoms with Crippen LogP contribution in [-0.4, -0.2) is 24.1 Å². The summed E-state index contributed by atoms with van der Waals surface area (Å²) in [6, 6.07) is 10.6. The number of esters is 1. The summed E-state index contributed by atoms with van der Waals surface area (Å²) in [6.07, 6.45) is 5.28. The standard InChI is InChI=1S/C19H24N2O2/c1-13-7-3-5-9-16(13)21-18-11-14(12-19(22)23-2)20-17-10-6-4-8-15(17)18/h4,6,8,10-11,13,16H,3,5,7,9,12H2,1-2H3,(H,20,21). The van der Waals surface area contributed by atoms with Gasteiger partial charge in [0.25, 0.3) is 0 Å². The summed E-state index contributed by atoms with van der Waals surface area (Å²) in [5.41, 5.74) is 2.75. The molecule has 4 heteroatoms. The van der Waals surface area contributed by atoms with Gasteiger partial charge in [-0.15, -0.1) is 0 Å². The summed E-state index contributed by atoms with van der Waals surface area (Å²) < 4.78 is 4.77. The van der Waals surface area contributed by atoms with Crippen LogP contribution in [0.5, 0.6) is 0 Å². The van der Waals surface area contributed by atoms with E-state index < -0.39 is 0 Å². The highest BCUT2D eigenvalue weighted by Crippen LogP contribution is 2.30. The highest BCUT2D eigenvalue weighted by molar-refractivity contribution is 5.92. The number of fused-ring (bicyclic) bond motifs is 1. The molecule has 1 aliphatic carbocycles. The zero-order valence-electron chi connectivity index (χ0n) is 13.8. The molecular weight excluding hydrogens is 288 g/mol. The zero-order valence-corrected chi connectivity index (χ0v) is 13.8. The van der Waals surface area contributed by atoms with Gasteiger partial charge in [0.1, 0.15) is 0 Å². The molecule has 1 aliphatic rings. The Labute approximate surface area is 137 Å². The number of rotatable bonds is 4. The first-order chi connectivity index (χ1) is 11.2. The first-order valence-corrected chi connectivity index (χ1v) is 8.39. The molecule has 1 aromatic heterocycles. The molecule has 0 aliphatic heterocycles. The lowest BCUT2D eigenvalue weighted by Gasteiger charge is -2.31. The number of para-hydroxylation sites is 1. The lowest BCUT2D eigenvalue weighted by Crippen LogP contribution is -2.30. The maximum atomic E-state index is 11.6. The maximum Gasteiger partial charge on any atom is 0.311 e. The van der Waals surface area contributed by atoms with E-state index in [0.717, 1.165) is 22.3 Å². The SMILES string of the molecule is COC(=O)Cc1cc(NC2CCCCC2C)c2ccccc2n1. The van der Waals surface area contributed by atoms with Gasteiger partial charge < -0.3 is 10.1 Å². The minimum absolute atomic E-state index is 0.205. The molecule has 2 unspecified atom stereocenters. The molecule has 0 bridgehead atoms. The minimum atomic E-state index is -0.259. The maximum absolute atomic E-state index is 11.6. The Balaban J connectivity index is 1.94. The minimum Gasteiger partial charge on any atom is -0.469 e. The van der Waals surface area contributed by atoms with E-state index in [4.69, 9.17) is 4.74 Å². The Morgan fingerprint density at radius 1 is 1.30 bits per heavy atom. The molecule has 1 fully saturated rings. The number of hydrogen-bond donors (Lipinski definition) is 1. The van der Waals surface area contributed by atoms with Crippen LogP contribution >= 0.6 is 0 Å². The van der Waals surface area contributed by atoms with E-state index >= 15 is 0 Å². The average Bonchev–Trinajstić information content (AvgIpc) is 2.57. The third kappa shape index (κ3) is 3.63. The van der Waals surface area contributed by atoms with E-state index in [2.05, 4.69) is 23.3 Å². The van der Waals surface area contributed by atoms with Gasteiger partial charge in [0, 0.05) is 17.1 Å². The van der Waals surface area contributed by atoms with Crippen molar-refractivity contribution in [3.05, 3.63) is 36.0 Å². The van der Waals surface area contributed by atoms with Gasteiger partial charge in [-0.2, -0.15) is 0 Å². The molecule has 23 heavy (non-hydrogen) atoms. The fourth-order valence-electron chi connectivity index (χ4n) is 3.39. The fraction of sp³-hybridized carbons (Fsp3) is 0.474. The molecule has 1 saturated carbocycles. The Bertz CT molecular complexity index is 699.